The monoisotopic (exact) mass is 403 g/mol. The van der Waals surface area contributed by atoms with Gasteiger partial charge in [0, 0.05) is 13.1 Å². The van der Waals surface area contributed by atoms with Crippen molar-refractivity contribution in [1.82, 2.24) is 14.9 Å². The lowest BCUT2D eigenvalue weighted by molar-refractivity contribution is -0.140. The van der Waals surface area contributed by atoms with Gasteiger partial charge in [-0.3, -0.25) is 9.59 Å². The van der Waals surface area contributed by atoms with Gasteiger partial charge in [0.05, 0.1) is 13.2 Å². The van der Waals surface area contributed by atoms with Gasteiger partial charge in [-0.25, -0.2) is 8.42 Å². The van der Waals surface area contributed by atoms with E-state index in [0.717, 1.165) is 17.8 Å². The van der Waals surface area contributed by atoms with Gasteiger partial charge in [0.2, 0.25) is 0 Å². The number of amides is 2. The van der Waals surface area contributed by atoms with E-state index >= 15 is 0 Å². The molecule has 1 aromatic heterocycles. The number of nitrogens with zero attached hydrogens (tertiary/aromatic N) is 1. The number of hydrogen-bond donors (Lipinski definition) is 2. The lowest BCUT2D eigenvalue weighted by atomic mass is 10.1. The molecule has 1 fully saturated rings. The number of carbonyl (C=O) groups is 2. The van der Waals surface area contributed by atoms with Crippen molar-refractivity contribution in [3.05, 3.63) is 17.5 Å². The van der Waals surface area contributed by atoms with Crippen molar-refractivity contribution in [3.63, 3.8) is 0 Å². The predicted octanol–water partition coefficient (Wildman–Crippen LogP) is 0.764. The number of ether oxygens (including phenoxy) is 1. The zero-order valence-corrected chi connectivity index (χ0v) is 16.6. The van der Waals surface area contributed by atoms with Crippen LogP contribution in [0.3, 0.4) is 0 Å². The molecule has 0 aromatic carbocycles. The summed E-state index contributed by atoms with van der Waals surface area (Å²) in [7, 11) is -3.68. The average molecular weight is 404 g/mol. The van der Waals surface area contributed by atoms with Gasteiger partial charge in [-0.2, -0.15) is 4.31 Å². The minimum absolute atomic E-state index is 0.0823. The smallest absolute Gasteiger partial charge is 0.309 e. The Labute approximate surface area is 158 Å². The Morgan fingerprint density at radius 2 is 2.08 bits per heavy atom. The third-order valence-electron chi connectivity index (χ3n) is 3.86. The van der Waals surface area contributed by atoms with Crippen LogP contribution in [0.4, 0.5) is 0 Å². The zero-order chi connectivity index (χ0) is 19.2. The number of sulfonamides is 1. The second-order valence-electron chi connectivity index (χ2n) is 6.38. The van der Waals surface area contributed by atoms with Crippen LogP contribution in [0, 0.1) is 5.92 Å². The Hall–Kier alpha value is -1.49. The maximum atomic E-state index is 12.7. The van der Waals surface area contributed by atoms with Gasteiger partial charge in [0.1, 0.15) is 10.4 Å². The fourth-order valence-corrected chi connectivity index (χ4v) is 5.13. The average Bonchev–Trinajstić information content (AvgIpc) is 3.15. The summed E-state index contributed by atoms with van der Waals surface area (Å²) in [6, 6.07) is 3.20. The van der Waals surface area contributed by atoms with Gasteiger partial charge >= 0.3 is 11.8 Å². The molecule has 1 aromatic rings. The van der Waals surface area contributed by atoms with Crippen molar-refractivity contribution < 1.29 is 22.7 Å². The highest BCUT2D eigenvalue weighted by molar-refractivity contribution is 7.91. The quantitative estimate of drug-likeness (QED) is 0.654. The molecule has 8 nitrogen and oxygen atoms in total. The summed E-state index contributed by atoms with van der Waals surface area (Å²) in [4.78, 5) is 23.7. The van der Waals surface area contributed by atoms with E-state index in [2.05, 4.69) is 10.6 Å². The first-order chi connectivity index (χ1) is 12.3. The van der Waals surface area contributed by atoms with Crippen LogP contribution in [0.15, 0.2) is 21.7 Å². The molecule has 2 rings (SSSR count). The summed E-state index contributed by atoms with van der Waals surface area (Å²) < 4.78 is 32.4. The molecule has 2 heterocycles. The van der Waals surface area contributed by atoms with E-state index in [0.29, 0.717) is 32.0 Å². The van der Waals surface area contributed by atoms with E-state index in [9.17, 15) is 18.0 Å². The minimum Gasteiger partial charge on any atom is -0.360 e. The standard InChI is InChI=1S/C16H25N3O5S2/c1-12(2)6-7-17-15(20)16(21)18-11-13-19(8-4-9-24-13)26(22,23)14-5-3-10-25-14/h3,5,10,12-13H,4,6-9,11H2,1-2H3,(H,17,20)(H,18,21)/t13-/m1/s1. The third-order valence-corrected chi connectivity index (χ3v) is 7.12. The molecule has 0 aliphatic carbocycles. The van der Waals surface area contributed by atoms with Gasteiger partial charge in [-0.15, -0.1) is 11.3 Å². The molecule has 1 aliphatic heterocycles. The third kappa shape index (κ3) is 5.50. The van der Waals surface area contributed by atoms with E-state index < -0.39 is 28.1 Å². The van der Waals surface area contributed by atoms with E-state index in [-0.39, 0.29) is 10.8 Å². The van der Waals surface area contributed by atoms with Crippen molar-refractivity contribution in [1.29, 1.82) is 0 Å². The van der Waals surface area contributed by atoms with Crippen molar-refractivity contribution >= 4 is 33.2 Å². The highest BCUT2D eigenvalue weighted by atomic mass is 32.2. The maximum Gasteiger partial charge on any atom is 0.309 e. The van der Waals surface area contributed by atoms with E-state index in [1.54, 1.807) is 11.4 Å². The van der Waals surface area contributed by atoms with Crippen LogP contribution in [-0.4, -0.2) is 57.0 Å². The summed E-state index contributed by atoms with van der Waals surface area (Å²) >= 11 is 1.13. The Kier molecular flexibility index (Phi) is 7.56. The SMILES string of the molecule is CC(C)CCNC(=O)C(=O)NC[C@H]1OCCCN1S(=O)(=O)c1cccs1. The van der Waals surface area contributed by atoms with Crippen molar-refractivity contribution in [2.75, 3.05) is 26.2 Å². The fourth-order valence-electron chi connectivity index (χ4n) is 2.44. The van der Waals surface area contributed by atoms with Gasteiger partial charge in [-0.05, 0) is 30.2 Å². The number of thiophene rings is 1. The van der Waals surface area contributed by atoms with Gasteiger partial charge in [-0.1, -0.05) is 19.9 Å². The zero-order valence-electron chi connectivity index (χ0n) is 14.9. The van der Waals surface area contributed by atoms with Gasteiger partial charge in [0.15, 0.2) is 0 Å². The van der Waals surface area contributed by atoms with Crippen LogP contribution in [0.1, 0.15) is 26.7 Å². The number of carbonyl (C=O) groups excluding carboxylic acids is 2. The number of hydrogen-bond acceptors (Lipinski definition) is 6. The normalized spacial score (nSPS) is 18.7. The lowest BCUT2D eigenvalue weighted by Gasteiger charge is -2.34. The molecule has 0 bridgehead atoms. The summed E-state index contributed by atoms with van der Waals surface area (Å²) in [5.41, 5.74) is 0. The summed E-state index contributed by atoms with van der Waals surface area (Å²) in [5, 5.41) is 6.69. The lowest BCUT2D eigenvalue weighted by Crippen LogP contribution is -2.53. The molecular formula is C16H25N3O5S2. The molecule has 1 aliphatic rings. The molecule has 10 heteroatoms. The van der Waals surface area contributed by atoms with Crippen LogP contribution in [-0.2, 0) is 24.3 Å². The number of nitrogens with one attached hydrogen (secondary N) is 2. The molecular weight excluding hydrogens is 378 g/mol. The van der Waals surface area contributed by atoms with E-state index in [1.807, 2.05) is 13.8 Å². The molecule has 0 radical (unpaired) electrons. The second-order valence-corrected chi connectivity index (χ2v) is 9.44. The van der Waals surface area contributed by atoms with Crippen molar-refractivity contribution in [3.8, 4) is 0 Å². The summed E-state index contributed by atoms with van der Waals surface area (Å²) in [6.45, 7) is 5.09. The maximum absolute atomic E-state index is 12.7. The molecule has 2 amide bonds. The van der Waals surface area contributed by atoms with Crippen LogP contribution in [0.5, 0.6) is 0 Å². The molecule has 1 atom stereocenters. The Morgan fingerprint density at radius 3 is 2.73 bits per heavy atom. The highest BCUT2D eigenvalue weighted by Gasteiger charge is 2.35. The Balaban J connectivity index is 1.92. The Morgan fingerprint density at radius 1 is 1.35 bits per heavy atom. The van der Waals surface area contributed by atoms with Crippen molar-refractivity contribution in [2.45, 2.75) is 37.1 Å². The first kappa shape index (κ1) is 20.8. The predicted molar refractivity (Wildman–Crippen MR) is 98.0 cm³/mol. The van der Waals surface area contributed by atoms with E-state index in [4.69, 9.17) is 4.74 Å². The van der Waals surface area contributed by atoms with E-state index in [1.165, 1.54) is 10.4 Å². The molecule has 1 saturated heterocycles. The topological polar surface area (TPSA) is 105 Å². The van der Waals surface area contributed by atoms with Gasteiger partial charge in [0.25, 0.3) is 10.0 Å². The fraction of sp³-hybridized carbons (Fsp3) is 0.625. The van der Waals surface area contributed by atoms with Crippen molar-refractivity contribution in [2.24, 2.45) is 5.92 Å². The van der Waals surface area contributed by atoms with Crippen LogP contribution < -0.4 is 10.6 Å². The molecule has 0 unspecified atom stereocenters. The van der Waals surface area contributed by atoms with Crippen LogP contribution >= 0.6 is 11.3 Å². The molecule has 146 valence electrons. The van der Waals surface area contributed by atoms with Crippen LogP contribution in [0.2, 0.25) is 0 Å². The minimum atomic E-state index is -3.68. The molecule has 0 spiro atoms. The molecule has 2 N–H and O–H groups in total. The van der Waals surface area contributed by atoms with Crippen LogP contribution in [0.25, 0.3) is 0 Å². The Bertz CT molecular complexity index is 703. The first-order valence-electron chi connectivity index (χ1n) is 8.55. The number of rotatable bonds is 7. The molecule has 0 saturated carbocycles. The van der Waals surface area contributed by atoms with Gasteiger partial charge < -0.3 is 15.4 Å². The molecule has 26 heavy (non-hydrogen) atoms. The summed E-state index contributed by atoms with van der Waals surface area (Å²) in [6.07, 6.45) is 0.519. The second kappa shape index (κ2) is 9.45. The summed E-state index contributed by atoms with van der Waals surface area (Å²) in [5.74, 6) is -1.10. The first-order valence-corrected chi connectivity index (χ1v) is 10.9. The largest absolute Gasteiger partial charge is 0.360 e. The highest BCUT2D eigenvalue weighted by Crippen LogP contribution is 2.25.